The van der Waals surface area contributed by atoms with Crippen LogP contribution in [0.5, 0.6) is 5.75 Å². The van der Waals surface area contributed by atoms with Crippen molar-refractivity contribution in [2.45, 2.75) is 19.8 Å². The lowest BCUT2D eigenvalue weighted by Crippen LogP contribution is -2.42. The zero-order valence-corrected chi connectivity index (χ0v) is 11.6. The number of carbonyl (C=O) groups is 3. The molecule has 0 fully saturated rings. The summed E-state index contributed by atoms with van der Waals surface area (Å²) in [7, 11) is 0. The van der Waals surface area contributed by atoms with E-state index in [9.17, 15) is 14.4 Å². The summed E-state index contributed by atoms with van der Waals surface area (Å²) in [6, 6.07) is 0.647. The molecule has 0 spiro atoms. The number of carboxylic acids is 1. The maximum Gasteiger partial charge on any atom is 0.339 e. The number of amides is 3. The van der Waals surface area contributed by atoms with Crippen molar-refractivity contribution in [2.75, 3.05) is 13.2 Å². The average Bonchev–Trinajstić information content (AvgIpc) is 2.45. The molecule has 0 unspecified atom stereocenters. The number of nitrogens with one attached hydrogen (secondary N) is 2. The number of nitrogens with zero attached hydrogens (tertiary/aromatic N) is 1. The predicted molar refractivity (Wildman–Crippen MR) is 73.1 cm³/mol. The van der Waals surface area contributed by atoms with E-state index in [1.54, 1.807) is 0 Å². The average molecular weight is 295 g/mol. The molecule has 0 aliphatic carbocycles. The van der Waals surface area contributed by atoms with Crippen molar-refractivity contribution < 1.29 is 24.2 Å². The molecule has 1 aromatic rings. The van der Waals surface area contributed by atoms with Crippen molar-refractivity contribution in [2.24, 2.45) is 0 Å². The Morgan fingerprint density at radius 3 is 2.81 bits per heavy atom. The highest BCUT2D eigenvalue weighted by Gasteiger charge is 2.13. The van der Waals surface area contributed by atoms with Crippen LogP contribution in [0.15, 0.2) is 18.5 Å². The van der Waals surface area contributed by atoms with Crippen molar-refractivity contribution in [1.29, 1.82) is 0 Å². The van der Waals surface area contributed by atoms with Gasteiger partial charge >= 0.3 is 12.0 Å². The molecule has 1 heterocycles. The van der Waals surface area contributed by atoms with Crippen molar-refractivity contribution in [3.8, 4) is 5.75 Å². The van der Waals surface area contributed by atoms with Crippen molar-refractivity contribution >= 4 is 17.9 Å². The molecular weight excluding hydrogens is 278 g/mol. The van der Waals surface area contributed by atoms with E-state index in [1.807, 2.05) is 6.92 Å². The normalized spacial score (nSPS) is 9.76. The molecule has 0 aliphatic heterocycles. The molecule has 3 N–H and O–H groups in total. The van der Waals surface area contributed by atoms with Gasteiger partial charge in [-0.05, 0) is 12.5 Å². The molecule has 0 atom stereocenters. The van der Waals surface area contributed by atoms with Crippen molar-refractivity contribution in [1.82, 2.24) is 15.6 Å². The summed E-state index contributed by atoms with van der Waals surface area (Å²) in [5, 5.41) is 13.5. The van der Waals surface area contributed by atoms with E-state index in [0.717, 1.165) is 12.8 Å². The van der Waals surface area contributed by atoms with Crippen LogP contribution in [0.1, 0.15) is 30.1 Å². The molecule has 0 radical (unpaired) electrons. The minimum absolute atomic E-state index is 0.0356. The number of pyridine rings is 1. The third-order valence-corrected chi connectivity index (χ3v) is 2.44. The first-order valence-corrected chi connectivity index (χ1v) is 6.42. The van der Waals surface area contributed by atoms with Gasteiger partial charge in [0.15, 0.2) is 12.4 Å². The number of urea groups is 1. The summed E-state index contributed by atoms with van der Waals surface area (Å²) < 4.78 is 5.05. The minimum atomic E-state index is -1.19. The fraction of sp³-hybridized carbons (Fsp3) is 0.385. The molecule has 114 valence electrons. The molecule has 8 heteroatoms. The first-order chi connectivity index (χ1) is 10.0. The van der Waals surface area contributed by atoms with Gasteiger partial charge in [-0.15, -0.1) is 0 Å². The maximum atomic E-state index is 11.5. The lowest BCUT2D eigenvalue weighted by molar-refractivity contribution is -0.122. The maximum absolute atomic E-state index is 11.5. The molecule has 0 bridgehead atoms. The van der Waals surface area contributed by atoms with E-state index >= 15 is 0 Å². The monoisotopic (exact) mass is 295 g/mol. The van der Waals surface area contributed by atoms with Gasteiger partial charge in [-0.1, -0.05) is 13.3 Å². The van der Waals surface area contributed by atoms with Crippen LogP contribution in [0, 0.1) is 0 Å². The van der Waals surface area contributed by atoms with Crippen LogP contribution in [0.3, 0.4) is 0 Å². The summed E-state index contributed by atoms with van der Waals surface area (Å²) in [6.07, 6.45) is 4.24. The van der Waals surface area contributed by atoms with Crippen LogP contribution >= 0.6 is 0 Å². The molecule has 1 rings (SSSR count). The highest BCUT2D eigenvalue weighted by molar-refractivity contribution is 5.95. The van der Waals surface area contributed by atoms with Crippen LogP contribution in [0.2, 0.25) is 0 Å². The second-order valence-corrected chi connectivity index (χ2v) is 4.12. The molecule has 21 heavy (non-hydrogen) atoms. The molecule has 3 amide bonds. The van der Waals surface area contributed by atoms with Gasteiger partial charge in [-0.2, -0.15) is 0 Å². The van der Waals surface area contributed by atoms with E-state index < -0.39 is 24.5 Å². The van der Waals surface area contributed by atoms with Crippen LogP contribution in [0.25, 0.3) is 0 Å². The van der Waals surface area contributed by atoms with Crippen LogP contribution in [0.4, 0.5) is 4.79 Å². The summed E-state index contributed by atoms with van der Waals surface area (Å²) >= 11 is 0. The number of ether oxygens (including phenoxy) is 1. The molecule has 0 aromatic carbocycles. The number of carboxylic acid groups (broad SMARTS) is 1. The Morgan fingerprint density at radius 1 is 1.38 bits per heavy atom. The van der Waals surface area contributed by atoms with E-state index in [-0.39, 0.29) is 11.3 Å². The molecule has 1 aromatic heterocycles. The summed E-state index contributed by atoms with van der Waals surface area (Å²) in [5.74, 6) is -1.90. The Labute approximate surface area is 121 Å². The highest BCUT2D eigenvalue weighted by atomic mass is 16.5. The molecule has 0 aliphatic rings. The fourth-order valence-electron chi connectivity index (χ4n) is 1.40. The first-order valence-electron chi connectivity index (χ1n) is 6.42. The van der Waals surface area contributed by atoms with Crippen molar-refractivity contribution in [3.63, 3.8) is 0 Å². The molecule has 0 saturated carbocycles. The Kier molecular flexibility index (Phi) is 6.66. The van der Waals surface area contributed by atoms with Gasteiger partial charge in [-0.25, -0.2) is 9.59 Å². The second-order valence-electron chi connectivity index (χ2n) is 4.12. The van der Waals surface area contributed by atoms with E-state index in [1.165, 1.54) is 18.5 Å². The first kappa shape index (κ1) is 16.4. The van der Waals surface area contributed by atoms with Gasteiger partial charge in [0.2, 0.25) is 0 Å². The quantitative estimate of drug-likeness (QED) is 0.640. The van der Waals surface area contributed by atoms with Gasteiger partial charge in [0.25, 0.3) is 5.91 Å². The SMILES string of the molecule is CCCCNC(=O)NC(=O)COc1cnccc1C(=O)O. The standard InChI is InChI=1S/C13H17N3O5/c1-2-3-5-15-13(20)16-11(17)8-21-10-7-14-6-4-9(10)12(18)19/h4,6-7H,2-3,5,8H2,1H3,(H,18,19)(H2,15,16,17,20). The Hall–Kier alpha value is -2.64. The van der Waals surface area contributed by atoms with Crippen LogP contribution in [-0.2, 0) is 4.79 Å². The topological polar surface area (TPSA) is 118 Å². The third kappa shape index (κ3) is 5.89. The Morgan fingerprint density at radius 2 is 2.14 bits per heavy atom. The number of rotatable bonds is 7. The molecule has 0 saturated heterocycles. The van der Waals surface area contributed by atoms with E-state index in [0.29, 0.717) is 6.54 Å². The summed E-state index contributed by atoms with van der Waals surface area (Å²) in [6.45, 7) is 1.97. The second kappa shape index (κ2) is 8.51. The van der Waals surface area contributed by atoms with Crippen molar-refractivity contribution in [3.05, 3.63) is 24.0 Å². The number of unbranched alkanes of at least 4 members (excludes halogenated alkanes) is 1. The smallest absolute Gasteiger partial charge is 0.339 e. The van der Waals surface area contributed by atoms with Gasteiger partial charge in [-0.3, -0.25) is 15.1 Å². The predicted octanol–water partition coefficient (Wildman–Crippen LogP) is 0.784. The van der Waals surface area contributed by atoms with E-state index in [4.69, 9.17) is 9.84 Å². The van der Waals surface area contributed by atoms with Gasteiger partial charge in [0, 0.05) is 12.7 Å². The highest BCUT2D eigenvalue weighted by Crippen LogP contribution is 2.15. The largest absolute Gasteiger partial charge is 0.481 e. The third-order valence-electron chi connectivity index (χ3n) is 2.44. The lowest BCUT2D eigenvalue weighted by Gasteiger charge is -2.09. The molecule has 8 nitrogen and oxygen atoms in total. The number of carbonyl (C=O) groups excluding carboxylic acids is 2. The number of imide groups is 1. The van der Waals surface area contributed by atoms with Crippen LogP contribution in [-0.4, -0.2) is 41.1 Å². The fourth-order valence-corrected chi connectivity index (χ4v) is 1.40. The van der Waals surface area contributed by atoms with Crippen LogP contribution < -0.4 is 15.4 Å². The Balaban J connectivity index is 2.43. The number of hydrogen-bond acceptors (Lipinski definition) is 5. The number of aromatic carboxylic acids is 1. The minimum Gasteiger partial charge on any atom is -0.481 e. The summed E-state index contributed by atoms with van der Waals surface area (Å²) in [4.78, 5) is 37.4. The molecular formula is C13H17N3O5. The summed E-state index contributed by atoms with van der Waals surface area (Å²) in [5.41, 5.74) is -0.106. The van der Waals surface area contributed by atoms with Gasteiger partial charge in [0.05, 0.1) is 6.20 Å². The van der Waals surface area contributed by atoms with E-state index in [2.05, 4.69) is 15.6 Å². The Bertz CT molecular complexity index is 518. The number of aromatic nitrogens is 1. The zero-order chi connectivity index (χ0) is 15.7. The van der Waals surface area contributed by atoms with Gasteiger partial charge < -0.3 is 15.2 Å². The van der Waals surface area contributed by atoms with Gasteiger partial charge in [0.1, 0.15) is 5.56 Å². The lowest BCUT2D eigenvalue weighted by atomic mass is 10.2. The number of hydrogen-bond donors (Lipinski definition) is 3. The zero-order valence-electron chi connectivity index (χ0n) is 11.6.